The van der Waals surface area contributed by atoms with Crippen LogP contribution in [0.2, 0.25) is 0 Å². The molecule has 4 nitrogen and oxygen atoms in total. The van der Waals surface area contributed by atoms with Gasteiger partial charge in [0.25, 0.3) is 0 Å². The third-order valence-electron chi connectivity index (χ3n) is 2.63. The number of aromatic nitrogens is 4. The molecule has 0 spiro atoms. The second-order valence-electron chi connectivity index (χ2n) is 3.75. The third kappa shape index (κ3) is 1.24. The highest BCUT2D eigenvalue weighted by atomic mass is 79.9. The molecule has 0 atom stereocenters. The molecule has 5 heteroatoms. The normalized spacial score (nSPS) is 11.4. The average molecular weight is 277 g/mol. The fourth-order valence-electron chi connectivity index (χ4n) is 1.79. The van der Waals surface area contributed by atoms with E-state index in [1.807, 2.05) is 30.7 Å². The number of benzene rings is 1. The van der Waals surface area contributed by atoms with E-state index in [-0.39, 0.29) is 0 Å². The van der Waals surface area contributed by atoms with Crippen LogP contribution < -0.4 is 0 Å². The van der Waals surface area contributed by atoms with Crippen LogP contribution in [0, 0.1) is 6.92 Å². The van der Waals surface area contributed by atoms with Crippen molar-refractivity contribution in [3.63, 3.8) is 0 Å². The Hall–Kier alpha value is -1.49. The molecule has 0 saturated carbocycles. The number of nitrogens with zero attached hydrogens (tertiary/aromatic N) is 4. The van der Waals surface area contributed by atoms with Crippen molar-refractivity contribution in [1.29, 1.82) is 0 Å². The lowest BCUT2D eigenvalue weighted by atomic mass is 10.2. The van der Waals surface area contributed by atoms with Gasteiger partial charge in [-0.3, -0.25) is 4.98 Å². The van der Waals surface area contributed by atoms with E-state index in [2.05, 4.69) is 30.9 Å². The minimum atomic E-state index is 0.804. The zero-order chi connectivity index (χ0) is 11.3. The highest BCUT2D eigenvalue weighted by Crippen LogP contribution is 2.24. The number of hydrogen-bond donors (Lipinski definition) is 0. The van der Waals surface area contributed by atoms with Crippen LogP contribution in [0.3, 0.4) is 0 Å². The summed E-state index contributed by atoms with van der Waals surface area (Å²) in [6, 6.07) is 3.98. The van der Waals surface area contributed by atoms with Crippen molar-refractivity contribution in [2.45, 2.75) is 6.92 Å². The number of halogens is 1. The van der Waals surface area contributed by atoms with Gasteiger partial charge in [-0.05, 0) is 35.0 Å². The summed E-state index contributed by atoms with van der Waals surface area (Å²) < 4.78 is 2.79. The number of fused-ring (bicyclic) bond motifs is 3. The first kappa shape index (κ1) is 9.72. The Labute approximate surface area is 100 Å². The summed E-state index contributed by atoms with van der Waals surface area (Å²) in [6.45, 7) is 1.93. The van der Waals surface area contributed by atoms with Crippen molar-refractivity contribution in [3.8, 4) is 0 Å². The molecule has 0 amide bonds. The topological polar surface area (TPSA) is 43.6 Å². The first-order chi connectivity index (χ1) is 7.66. The number of imidazole rings is 1. The SMILES string of the molecule is Cc1cnc2ccc3c(nc(Br)n3C)c2n1. The molecule has 0 aliphatic carbocycles. The smallest absolute Gasteiger partial charge is 0.177 e. The Balaban J connectivity index is 2.57. The molecule has 16 heavy (non-hydrogen) atoms. The van der Waals surface area contributed by atoms with Crippen molar-refractivity contribution < 1.29 is 0 Å². The van der Waals surface area contributed by atoms with Crippen LogP contribution >= 0.6 is 15.9 Å². The van der Waals surface area contributed by atoms with E-state index >= 15 is 0 Å². The molecule has 0 fully saturated rings. The van der Waals surface area contributed by atoms with Gasteiger partial charge < -0.3 is 4.57 Å². The van der Waals surface area contributed by atoms with E-state index in [4.69, 9.17) is 0 Å². The molecule has 80 valence electrons. The summed E-state index contributed by atoms with van der Waals surface area (Å²) in [4.78, 5) is 13.3. The highest BCUT2D eigenvalue weighted by Gasteiger charge is 2.10. The molecule has 2 heterocycles. The average Bonchev–Trinajstić information content (AvgIpc) is 2.56. The molecule has 2 aromatic heterocycles. The van der Waals surface area contributed by atoms with E-state index in [0.29, 0.717) is 0 Å². The standard InChI is InChI=1S/C11H9BrN4/c1-6-5-13-7-3-4-8-10(9(7)14-6)15-11(12)16(8)2/h3-5H,1-2H3. The van der Waals surface area contributed by atoms with Crippen LogP contribution in [-0.2, 0) is 7.05 Å². The van der Waals surface area contributed by atoms with Gasteiger partial charge in [0, 0.05) is 13.2 Å². The largest absolute Gasteiger partial charge is 0.322 e. The fraction of sp³-hybridized carbons (Fsp3) is 0.182. The fourth-order valence-corrected chi connectivity index (χ4v) is 2.16. The molecule has 3 rings (SSSR count). The van der Waals surface area contributed by atoms with Crippen molar-refractivity contribution in [2.75, 3.05) is 0 Å². The van der Waals surface area contributed by atoms with Crippen LogP contribution in [-0.4, -0.2) is 19.5 Å². The molecule has 0 N–H and O–H groups in total. The monoisotopic (exact) mass is 276 g/mol. The molecule has 0 bridgehead atoms. The molecular weight excluding hydrogens is 268 g/mol. The van der Waals surface area contributed by atoms with Crippen molar-refractivity contribution in [1.82, 2.24) is 19.5 Å². The Bertz CT molecular complexity index is 702. The lowest BCUT2D eigenvalue weighted by Gasteiger charge is -1.99. The van der Waals surface area contributed by atoms with Crippen LogP contribution in [0.1, 0.15) is 5.69 Å². The molecule has 0 unspecified atom stereocenters. The van der Waals surface area contributed by atoms with Gasteiger partial charge >= 0.3 is 0 Å². The maximum atomic E-state index is 4.50. The molecule has 0 aliphatic rings. The zero-order valence-electron chi connectivity index (χ0n) is 8.90. The number of hydrogen-bond acceptors (Lipinski definition) is 3. The van der Waals surface area contributed by atoms with Gasteiger partial charge in [-0.1, -0.05) is 0 Å². The van der Waals surface area contributed by atoms with E-state index in [1.165, 1.54) is 0 Å². The lowest BCUT2D eigenvalue weighted by molar-refractivity contribution is 0.912. The maximum absolute atomic E-state index is 4.50. The van der Waals surface area contributed by atoms with Gasteiger partial charge in [0.1, 0.15) is 11.0 Å². The second-order valence-corrected chi connectivity index (χ2v) is 4.46. The number of rotatable bonds is 0. The van der Waals surface area contributed by atoms with E-state index in [9.17, 15) is 0 Å². The van der Waals surface area contributed by atoms with Gasteiger partial charge in [0.15, 0.2) is 4.73 Å². The predicted molar refractivity (Wildman–Crippen MR) is 66.2 cm³/mol. The first-order valence-corrected chi connectivity index (χ1v) is 5.70. The van der Waals surface area contributed by atoms with Crippen molar-refractivity contribution in [3.05, 3.63) is 28.8 Å². The molecule has 0 saturated heterocycles. The van der Waals surface area contributed by atoms with Crippen LogP contribution in [0.4, 0.5) is 0 Å². The quantitative estimate of drug-likeness (QED) is 0.634. The van der Waals surface area contributed by atoms with Gasteiger partial charge in [-0.25, -0.2) is 9.97 Å². The highest BCUT2D eigenvalue weighted by molar-refractivity contribution is 9.10. The first-order valence-electron chi connectivity index (χ1n) is 4.91. The third-order valence-corrected chi connectivity index (χ3v) is 3.34. The van der Waals surface area contributed by atoms with Gasteiger partial charge in [0.2, 0.25) is 0 Å². The maximum Gasteiger partial charge on any atom is 0.177 e. The Morgan fingerprint density at radius 1 is 1.19 bits per heavy atom. The predicted octanol–water partition coefficient (Wildman–Crippen LogP) is 2.59. The Morgan fingerprint density at radius 2 is 2.00 bits per heavy atom. The minimum absolute atomic E-state index is 0.804. The number of aryl methyl sites for hydroxylation is 2. The molecule has 0 radical (unpaired) electrons. The summed E-state index contributed by atoms with van der Waals surface area (Å²) >= 11 is 3.42. The molecule has 0 aliphatic heterocycles. The van der Waals surface area contributed by atoms with Gasteiger partial charge in [0.05, 0.1) is 16.7 Å². The van der Waals surface area contributed by atoms with E-state index < -0.39 is 0 Å². The van der Waals surface area contributed by atoms with Crippen LogP contribution in [0.15, 0.2) is 23.1 Å². The van der Waals surface area contributed by atoms with Crippen LogP contribution in [0.5, 0.6) is 0 Å². The Morgan fingerprint density at radius 3 is 2.81 bits per heavy atom. The van der Waals surface area contributed by atoms with E-state index in [0.717, 1.165) is 32.5 Å². The summed E-state index contributed by atoms with van der Waals surface area (Å²) in [6.07, 6.45) is 1.77. The molecule has 1 aromatic carbocycles. The zero-order valence-corrected chi connectivity index (χ0v) is 10.5. The molecule has 3 aromatic rings. The molecular formula is C11H9BrN4. The lowest BCUT2D eigenvalue weighted by Crippen LogP contribution is -1.89. The van der Waals surface area contributed by atoms with Crippen molar-refractivity contribution in [2.24, 2.45) is 7.05 Å². The van der Waals surface area contributed by atoms with Gasteiger partial charge in [-0.2, -0.15) is 0 Å². The van der Waals surface area contributed by atoms with E-state index in [1.54, 1.807) is 6.20 Å². The van der Waals surface area contributed by atoms with Crippen molar-refractivity contribution >= 4 is 38.0 Å². The van der Waals surface area contributed by atoms with Crippen LogP contribution in [0.25, 0.3) is 22.1 Å². The second kappa shape index (κ2) is 3.25. The van der Waals surface area contributed by atoms with Gasteiger partial charge in [-0.15, -0.1) is 0 Å². The summed E-state index contributed by atoms with van der Waals surface area (Å²) in [5.74, 6) is 0. The Kier molecular flexibility index (Phi) is 1.97. The summed E-state index contributed by atoms with van der Waals surface area (Å²) in [5.41, 5.74) is 4.59. The minimum Gasteiger partial charge on any atom is -0.322 e. The summed E-state index contributed by atoms with van der Waals surface area (Å²) in [5, 5.41) is 0. The summed E-state index contributed by atoms with van der Waals surface area (Å²) in [7, 11) is 1.97.